The molecular formula is C28H40N6O5. The highest BCUT2D eigenvalue weighted by molar-refractivity contribution is 5.90. The van der Waals surface area contributed by atoms with Gasteiger partial charge in [-0.05, 0) is 56.0 Å². The quantitative estimate of drug-likeness (QED) is 0.0741. The Labute approximate surface area is 229 Å². The first kappa shape index (κ1) is 29.7. The summed E-state index contributed by atoms with van der Waals surface area (Å²) >= 11 is 0. The molecule has 0 bridgehead atoms. The molecule has 1 heterocycles. The summed E-state index contributed by atoms with van der Waals surface area (Å²) in [6, 6.07) is 14.9. The van der Waals surface area contributed by atoms with E-state index in [9.17, 15) is 9.59 Å². The largest absolute Gasteiger partial charge is 0.490 e. The van der Waals surface area contributed by atoms with Crippen LogP contribution in [0.5, 0.6) is 5.75 Å². The van der Waals surface area contributed by atoms with Gasteiger partial charge in [0.25, 0.3) is 0 Å². The first-order valence-corrected chi connectivity index (χ1v) is 13.4. The molecule has 2 aromatic carbocycles. The number of anilines is 2. The number of nitrogens with two attached hydrogens (primary N) is 2. The molecular weight excluding hydrogens is 500 g/mol. The van der Waals surface area contributed by atoms with E-state index in [1.807, 2.05) is 42.5 Å². The average molecular weight is 541 g/mol. The summed E-state index contributed by atoms with van der Waals surface area (Å²) < 4.78 is 16.3. The van der Waals surface area contributed by atoms with Gasteiger partial charge < -0.3 is 41.2 Å². The normalized spacial score (nSPS) is 13.9. The maximum atomic E-state index is 12.6. The van der Waals surface area contributed by atoms with Crippen molar-refractivity contribution in [1.82, 2.24) is 5.32 Å². The Morgan fingerprint density at radius 2 is 1.87 bits per heavy atom. The number of para-hydroxylation sites is 2. The Bertz CT molecular complexity index is 1080. The molecule has 11 heteroatoms. The second-order valence-electron chi connectivity index (χ2n) is 9.26. The van der Waals surface area contributed by atoms with Gasteiger partial charge in [0.2, 0.25) is 0 Å². The molecule has 0 amide bonds. The SMILES string of the molecule is CCOC(Cc1ccc(NCCCN2CCOc3ccccc32)cc1)C(=O)OC(=O)[C@@H](N)CCCNC(=N)N. The highest BCUT2D eigenvalue weighted by Crippen LogP contribution is 2.30. The predicted molar refractivity (Wildman–Crippen MR) is 151 cm³/mol. The summed E-state index contributed by atoms with van der Waals surface area (Å²) in [5.41, 5.74) is 14.1. The number of fused-ring (bicyclic) bond motifs is 1. The molecule has 0 spiro atoms. The monoisotopic (exact) mass is 540 g/mol. The summed E-state index contributed by atoms with van der Waals surface area (Å²) in [7, 11) is 0. The summed E-state index contributed by atoms with van der Waals surface area (Å²) in [6.07, 6.45) is 1.12. The Morgan fingerprint density at radius 3 is 2.62 bits per heavy atom. The lowest BCUT2D eigenvalue weighted by Crippen LogP contribution is -2.39. The van der Waals surface area contributed by atoms with Crippen LogP contribution < -0.4 is 31.7 Å². The third-order valence-electron chi connectivity index (χ3n) is 6.28. The van der Waals surface area contributed by atoms with Crippen LogP contribution in [-0.2, 0) is 25.5 Å². The van der Waals surface area contributed by atoms with Crippen molar-refractivity contribution in [3.8, 4) is 5.75 Å². The van der Waals surface area contributed by atoms with Crippen LogP contribution in [0.4, 0.5) is 11.4 Å². The minimum absolute atomic E-state index is 0.153. The topological polar surface area (TPSA) is 165 Å². The van der Waals surface area contributed by atoms with Crippen molar-refractivity contribution < 1.29 is 23.8 Å². The zero-order valence-corrected chi connectivity index (χ0v) is 22.5. The van der Waals surface area contributed by atoms with E-state index in [2.05, 4.69) is 21.6 Å². The summed E-state index contributed by atoms with van der Waals surface area (Å²) in [5.74, 6) is -0.772. The van der Waals surface area contributed by atoms with E-state index in [-0.39, 0.29) is 12.4 Å². The van der Waals surface area contributed by atoms with Crippen molar-refractivity contribution in [3.63, 3.8) is 0 Å². The van der Waals surface area contributed by atoms with E-state index >= 15 is 0 Å². The Kier molecular flexibility index (Phi) is 11.9. The van der Waals surface area contributed by atoms with Gasteiger partial charge in [0.05, 0.1) is 12.2 Å². The van der Waals surface area contributed by atoms with E-state index in [0.717, 1.165) is 48.7 Å². The zero-order valence-electron chi connectivity index (χ0n) is 22.5. The van der Waals surface area contributed by atoms with Gasteiger partial charge in [0.1, 0.15) is 18.4 Å². The van der Waals surface area contributed by atoms with Crippen LogP contribution in [0.25, 0.3) is 0 Å². The van der Waals surface area contributed by atoms with Crippen molar-refractivity contribution in [2.75, 3.05) is 49.6 Å². The fourth-order valence-electron chi connectivity index (χ4n) is 4.25. The van der Waals surface area contributed by atoms with Crippen LogP contribution in [0, 0.1) is 5.41 Å². The van der Waals surface area contributed by atoms with Crippen LogP contribution in [0.3, 0.4) is 0 Å². The summed E-state index contributed by atoms with van der Waals surface area (Å²) in [6.45, 7) is 5.80. The standard InChI is InChI=1S/C28H40N6O5/c1-2-37-25(27(36)39-26(35)22(29)7-5-14-33-28(30)31)19-20-10-12-21(13-11-20)32-15-6-16-34-17-18-38-24-9-4-3-8-23(24)34/h3-4,8-13,22,25,32H,2,5-7,14-19,29H2,1H3,(H4,30,31,33)/t22-,25?/m0/s1. The second kappa shape index (κ2) is 15.6. The van der Waals surface area contributed by atoms with Gasteiger partial charge in [-0.1, -0.05) is 24.3 Å². The molecule has 0 saturated carbocycles. The minimum atomic E-state index is -0.951. The number of nitrogens with one attached hydrogen (secondary N) is 3. The summed E-state index contributed by atoms with van der Waals surface area (Å²) in [4.78, 5) is 27.2. The Morgan fingerprint density at radius 1 is 1.10 bits per heavy atom. The van der Waals surface area contributed by atoms with Crippen molar-refractivity contribution in [2.24, 2.45) is 11.5 Å². The molecule has 0 saturated heterocycles. The van der Waals surface area contributed by atoms with Crippen LogP contribution in [0.15, 0.2) is 48.5 Å². The molecule has 1 unspecified atom stereocenters. The lowest BCUT2D eigenvalue weighted by molar-refractivity contribution is -0.169. The van der Waals surface area contributed by atoms with Crippen molar-refractivity contribution in [2.45, 2.75) is 44.8 Å². The smallest absolute Gasteiger partial charge is 0.343 e. The lowest BCUT2D eigenvalue weighted by Gasteiger charge is -2.31. The number of benzene rings is 2. The number of guanidine groups is 1. The molecule has 7 N–H and O–H groups in total. The number of carbonyl (C=O) groups is 2. The summed E-state index contributed by atoms with van der Waals surface area (Å²) in [5, 5.41) is 13.2. The van der Waals surface area contributed by atoms with Gasteiger partial charge >= 0.3 is 11.9 Å². The number of hydrogen-bond acceptors (Lipinski definition) is 9. The molecule has 1 aliphatic rings. The maximum absolute atomic E-state index is 12.6. The van der Waals surface area contributed by atoms with Crippen LogP contribution in [0.2, 0.25) is 0 Å². The van der Waals surface area contributed by atoms with E-state index in [1.54, 1.807) is 6.92 Å². The van der Waals surface area contributed by atoms with Crippen molar-refractivity contribution in [1.29, 1.82) is 5.41 Å². The third kappa shape index (κ3) is 9.77. The number of carbonyl (C=O) groups excluding carboxylic acids is 2. The van der Waals surface area contributed by atoms with Crippen LogP contribution >= 0.6 is 0 Å². The fraction of sp³-hybridized carbons (Fsp3) is 0.464. The van der Waals surface area contributed by atoms with Gasteiger partial charge in [-0.15, -0.1) is 0 Å². The first-order valence-electron chi connectivity index (χ1n) is 13.4. The van der Waals surface area contributed by atoms with E-state index in [1.165, 1.54) is 0 Å². The second-order valence-corrected chi connectivity index (χ2v) is 9.26. The number of ether oxygens (including phenoxy) is 3. The predicted octanol–water partition coefficient (Wildman–Crippen LogP) is 2.00. The van der Waals surface area contributed by atoms with Crippen molar-refractivity contribution >= 4 is 29.3 Å². The van der Waals surface area contributed by atoms with Gasteiger partial charge in [-0.2, -0.15) is 0 Å². The number of nitrogens with zero attached hydrogens (tertiary/aromatic N) is 1. The molecule has 0 radical (unpaired) electrons. The highest BCUT2D eigenvalue weighted by atomic mass is 16.6. The highest BCUT2D eigenvalue weighted by Gasteiger charge is 2.26. The molecule has 0 fully saturated rings. The fourth-order valence-corrected chi connectivity index (χ4v) is 4.25. The van der Waals surface area contributed by atoms with E-state index in [0.29, 0.717) is 32.6 Å². The van der Waals surface area contributed by atoms with Crippen molar-refractivity contribution in [3.05, 3.63) is 54.1 Å². The molecule has 3 rings (SSSR count). The molecule has 0 aliphatic carbocycles. The first-order chi connectivity index (χ1) is 18.9. The van der Waals surface area contributed by atoms with Crippen LogP contribution in [0.1, 0.15) is 31.7 Å². The maximum Gasteiger partial charge on any atom is 0.343 e. The third-order valence-corrected chi connectivity index (χ3v) is 6.28. The molecule has 0 aromatic heterocycles. The zero-order chi connectivity index (χ0) is 28.0. The van der Waals surface area contributed by atoms with E-state index in [4.69, 9.17) is 31.1 Å². The molecule has 2 aromatic rings. The molecule has 1 aliphatic heterocycles. The van der Waals surface area contributed by atoms with E-state index < -0.39 is 24.1 Å². The lowest BCUT2D eigenvalue weighted by atomic mass is 10.1. The Hall–Kier alpha value is -3.83. The number of rotatable bonds is 15. The Balaban J connectivity index is 1.42. The van der Waals surface area contributed by atoms with Crippen LogP contribution in [-0.4, -0.2) is 69.4 Å². The molecule has 11 nitrogen and oxygen atoms in total. The molecule has 2 atom stereocenters. The molecule has 212 valence electrons. The van der Waals surface area contributed by atoms with Gasteiger partial charge in [0.15, 0.2) is 12.1 Å². The van der Waals surface area contributed by atoms with Gasteiger partial charge in [-0.25, -0.2) is 9.59 Å². The number of hydrogen-bond donors (Lipinski definition) is 5. The minimum Gasteiger partial charge on any atom is -0.490 e. The van der Waals surface area contributed by atoms with Gasteiger partial charge in [-0.3, -0.25) is 5.41 Å². The number of esters is 2. The molecule has 39 heavy (non-hydrogen) atoms. The van der Waals surface area contributed by atoms with Gasteiger partial charge in [0, 0.05) is 38.3 Å². The average Bonchev–Trinajstić information content (AvgIpc) is 2.93.